The second-order valence-electron chi connectivity index (χ2n) is 2.86. The Bertz CT molecular complexity index is 439. The molecule has 0 radical (unpaired) electrons. The Hall–Kier alpha value is -1.84. The summed E-state index contributed by atoms with van der Waals surface area (Å²) in [6.07, 6.45) is 4.58. The van der Waals surface area contributed by atoms with Gasteiger partial charge in [-0.15, -0.1) is 0 Å². The van der Waals surface area contributed by atoms with Crippen LogP contribution in [0.5, 0.6) is 0 Å². The average molecular weight is 189 g/mol. The zero-order valence-electron chi connectivity index (χ0n) is 7.61. The van der Waals surface area contributed by atoms with Gasteiger partial charge in [0.15, 0.2) is 0 Å². The highest BCUT2D eigenvalue weighted by molar-refractivity contribution is 5.60. The highest BCUT2D eigenvalue weighted by atomic mass is 19.1. The number of rotatable bonds is 1. The van der Waals surface area contributed by atoms with E-state index in [1.807, 2.05) is 0 Å². The molecule has 0 aliphatic carbocycles. The molecule has 0 bridgehead atoms. The lowest BCUT2D eigenvalue weighted by Crippen LogP contribution is -1.91. The maximum absolute atomic E-state index is 13.2. The molecule has 14 heavy (non-hydrogen) atoms. The lowest BCUT2D eigenvalue weighted by molar-refractivity contribution is 0.587. The van der Waals surface area contributed by atoms with Crippen LogP contribution in [0.1, 0.15) is 5.82 Å². The molecular formula is C10H8FN3. The van der Waals surface area contributed by atoms with Crippen molar-refractivity contribution < 1.29 is 4.39 Å². The van der Waals surface area contributed by atoms with Crippen LogP contribution < -0.4 is 0 Å². The fourth-order valence-corrected chi connectivity index (χ4v) is 1.13. The quantitative estimate of drug-likeness (QED) is 0.644. The van der Waals surface area contributed by atoms with Gasteiger partial charge in [0.1, 0.15) is 5.82 Å². The fourth-order valence-electron chi connectivity index (χ4n) is 1.13. The van der Waals surface area contributed by atoms with Crippen LogP contribution in [0.15, 0.2) is 30.7 Å². The van der Waals surface area contributed by atoms with E-state index in [-0.39, 0.29) is 0 Å². The molecule has 0 amide bonds. The molecule has 0 aromatic carbocycles. The van der Waals surface area contributed by atoms with Crippen LogP contribution in [0.25, 0.3) is 11.1 Å². The summed E-state index contributed by atoms with van der Waals surface area (Å²) in [6, 6.07) is 3.33. The topological polar surface area (TPSA) is 38.7 Å². The zero-order chi connectivity index (χ0) is 9.97. The molecule has 0 spiro atoms. The number of pyridine rings is 1. The smallest absolute Gasteiger partial charge is 0.220 e. The van der Waals surface area contributed by atoms with Crippen molar-refractivity contribution in [2.45, 2.75) is 6.92 Å². The minimum absolute atomic E-state index is 0.424. The number of hydrogen-bond donors (Lipinski definition) is 0. The van der Waals surface area contributed by atoms with Crippen LogP contribution >= 0.6 is 0 Å². The van der Waals surface area contributed by atoms with Gasteiger partial charge < -0.3 is 0 Å². The van der Waals surface area contributed by atoms with E-state index in [1.54, 1.807) is 31.5 Å². The molecule has 0 saturated heterocycles. The van der Waals surface area contributed by atoms with Gasteiger partial charge in [-0.05, 0) is 19.1 Å². The van der Waals surface area contributed by atoms with Crippen molar-refractivity contribution in [1.29, 1.82) is 0 Å². The Kier molecular flexibility index (Phi) is 2.18. The van der Waals surface area contributed by atoms with Crippen LogP contribution in [0, 0.1) is 12.9 Å². The average Bonchev–Trinajstić information content (AvgIpc) is 2.20. The molecule has 70 valence electrons. The van der Waals surface area contributed by atoms with E-state index >= 15 is 0 Å². The number of hydrogen-bond acceptors (Lipinski definition) is 3. The molecule has 2 aromatic rings. The van der Waals surface area contributed by atoms with Gasteiger partial charge in [0.05, 0.1) is 0 Å². The van der Waals surface area contributed by atoms with Gasteiger partial charge in [0.2, 0.25) is 5.95 Å². The summed E-state index contributed by atoms with van der Waals surface area (Å²) in [7, 11) is 0. The predicted molar refractivity (Wildman–Crippen MR) is 50.0 cm³/mol. The SMILES string of the molecule is Cc1ncc(-c2cccnc2F)cn1. The third-order valence-corrected chi connectivity index (χ3v) is 1.85. The van der Waals surface area contributed by atoms with E-state index in [4.69, 9.17) is 0 Å². The van der Waals surface area contributed by atoms with Gasteiger partial charge in [-0.2, -0.15) is 4.39 Å². The van der Waals surface area contributed by atoms with E-state index < -0.39 is 5.95 Å². The van der Waals surface area contributed by atoms with E-state index in [9.17, 15) is 4.39 Å². The summed E-state index contributed by atoms with van der Waals surface area (Å²) in [5.74, 6) is 0.165. The second-order valence-corrected chi connectivity index (χ2v) is 2.86. The first-order valence-corrected chi connectivity index (χ1v) is 4.17. The largest absolute Gasteiger partial charge is 0.241 e. The van der Waals surface area contributed by atoms with Gasteiger partial charge in [-0.1, -0.05) is 0 Å². The molecule has 0 saturated carbocycles. The lowest BCUT2D eigenvalue weighted by Gasteiger charge is -2.00. The van der Waals surface area contributed by atoms with E-state index in [0.717, 1.165) is 0 Å². The van der Waals surface area contributed by atoms with Gasteiger partial charge in [0, 0.05) is 29.7 Å². The van der Waals surface area contributed by atoms with Crippen molar-refractivity contribution >= 4 is 0 Å². The van der Waals surface area contributed by atoms with Crippen LogP contribution in [0.4, 0.5) is 4.39 Å². The molecule has 0 atom stereocenters. The van der Waals surface area contributed by atoms with E-state index in [0.29, 0.717) is 17.0 Å². The number of aromatic nitrogens is 3. The lowest BCUT2D eigenvalue weighted by atomic mass is 10.1. The minimum Gasteiger partial charge on any atom is -0.241 e. The fraction of sp³-hybridized carbons (Fsp3) is 0.100. The van der Waals surface area contributed by atoms with Crippen molar-refractivity contribution in [2.24, 2.45) is 0 Å². The Balaban J connectivity index is 2.50. The van der Waals surface area contributed by atoms with Crippen molar-refractivity contribution in [1.82, 2.24) is 15.0 Å². The summed E-state index contributed by atoms with van der Waals surface area (Å²) < 4.78 is 13.2. The summed E-state index contributed by atoms with van der Waals surface area (Å²) in [4.78, 5) is 11.5. The Morgan fingerprint density at radius 1 is 1.14 bits per heavy atom. The third-order valence-electron chi connectivity index (χ3n) is 1.85. The Morgan fingerprint density at radius 3 is 2.50 bits per heavy atom. The summed E-state index contributed by atoms with van der Waals surface area (Å²) in [6.45, 7) is 1.78. The van der Waals surface area contributed by atoms with Crippen molar-refractivity contribution in [3.63, 3.8) is 0 Å². The monoisotopic (exact) mass is 189 g/mol. The normalized spacial score (nSPS) is 10.1. The molecule has 0 fully saturated rings. The molecule has 0 aliphatic heterocycles. The first-order chi connectivity index (χ1) is 6.77. The first kappa shape index (κ1) is 8.74. The number of aryl methyl sites for hydroxylation is 1. The van der Waals surface area contributed by atoms with Crippen molar-refractivity contribution in [3.05, 3.63) is 42.5 Å². The molecule has 3 nitrogen and oxygen atoms in total. The number of halogens is 1. The van der Waals surface area contributed by atoms with Crippen LogP contribution in [0.3, 0.4) is 0 Å². The molecule has 2 heterocycles. The molecular weight excluding hydrogens is 181 g/mol. The van der Waals surface area contributed by atoms with E-state index in [2.05, 4.69) is 15.0 Å². The van der Waals surface area contributed by atoms with Gasteiger partial charge in [0.25, 0.3) is 0 Å². The molecule has 0 unspecified atom stereocenters. The molecule has 0 aliphatic rings. The molecule has 4 heteroatoms. The maximum Gasteiger partial charge on any atom is 0.220 e. The Labute approximate surface area is 80.7 Å². The van der Waals surface area contributed by atoms with Gasteiger partial charge >= 0.3 is 0 Å². The van der Waals surface area contributed by atoms with Crippen LogP contribution in [-0.4, -0.2) is 15.0 Å². The third kappa shape index (κ3) is 1.59. The van der Waals surface area contributed by atoms with E-state index in [1.165, 1.54) is 6.20 Å². The molecule has 2 rings (SSSR count). The van der Waals surface area contributed by atoms with Gasteiger partial charge in [-0.25, -0.2) is 15.0 Å². The molecule has 2 aromatic heterocycles. The summed E-state index contributed by atoms with van der Waals surface area (Å²) >= 11 is 0. The number of nitrogens with zero attached hydrogens (tertiary/aromatic N) is 3. The first-order valence-electron chi connectivity index (χ1n) is 4.17. The molecule has 0 N–H and O–H groups in total. The standard InChI is InChI=1S/C10H8FN3/c1-7-13-5-8(6-14-7)9-3-2-4-12-10(9)11/h2-6H,1H3. The zero-order valence-corrected chi connectivity index (χ0v) is 7.61. The summed E-state index contributed by atoms with van der Waals surface area (Å²) in [5.41, 5.74) is 1.06. The van der Waals surface area contributed by atoms with Crippen LogP contribution in [-0.2, 0) is 0 Å². The maximum atomic E-state index is 13.2. The van der Waals surface area contributed by atoms with Crippen LogP contribution in [0.2, 0.25) is 0 Å². The van der Waals surface area contributed by atoms with Gasteiger partial charge in [-0.3, -0.25) is 0 Å². The highest BCUT2D eigenvalue weighted by Crippen LogP contribution is 2.18. The second kappa shape index (κ2) is 3.49. The Morgan fingerprint density at radius 2 is 1.86 bits per heavy atom. The van der Waals surface area contributed by atoms with Crippen molar-refractivity contribution in [2.75, 3.05) is 0 Å². The van der Waals surface area contributed by atoms with Crippen molar-refractivity contribution in [3.8, 4) is 11.1 Å². The highest BCUT2D eigenvalue weighted by Gasteiger charge is 2.05. The predicted octanol–water partition coefficient (Wildman–Crippen LogP) is 1.99. The minimum atomic E-state index is -0.500. The summed E-state index contributed by atoms with van der Waals surface area (Å²) in [5, 5.41) is 0.